The predicted molar refractivity (Wildman–Crippen MR) is 74.9 cm³/mol. The average Bonchev–Trinajstić information content (AvgIpc) is 2.31. The van der Waals surface area contributed by atoms with Crippen LogP contribution in [-0.2, 0) is 0 Å². The molecule has 2 rings (SSSR count). The first-order valence-corrected chi connectivity index (χ1v) is 5.70. The molecular weight excluding hydrogens is 255 g/mol. The maximum absolute atomic E-state index is 5.56. The summed E-state index contributed by atoms with van der Waals surface area (Å²) < 4.78 is 11.1. The summed E-state index contributed by atoms with van der Waals surface area (Å²) in [5.74, 6) is 1.58. The maximum atomic E-state index is 5.56. The van der Waals surface area contributed by atoms with Gasteiger partial charge in [-0.2, -0.15) is 0 Å². The van der Waals surface area contributed by atoms with Crippen LogP contribution in [0.2, 0.25) is 0 Å². The van der Waals surface area contributed by atoms with E-state index in [-0.39, 0.29) is 18.4 Å². The van der Waals surface area contributed by atoms with Gasteiger partial charge in [-0.3, -0.25) is 0 Å². The van der Waals surface area contributed by atoms with E-state index >= 15 is 0 Å². The number of para-hydroxylation sites is 2. The van der Waals surface area contributed by atoms with Gasteiger partial charge in [-0.1, -0.05) is 36.4 Å². The Hall–Kier alpha value is -1.24. The fourth-order valence-electron chi connectivity index (χ4n) is 1.29. The lowest BCUT2D eigenvalue weighted by atomic mass is 10.3. The molecule has 0 fully saturated rings. The van der Waals surface area contributed by atoms with E-state index in [1.54, 1.807) is 0 Å². The molecule has 0 saturated heterocycles. The monoisotopic (exact) mass is 268 g/mol. The third-order valence-electron chi connectivity index (χ3n) is 1.99. The molecule has 0 amide bonds. The molecule has 0 aromatic heterocycles. The Morgan fingerprint density at radius 3 is 1.41 bits per heavy atom. The Balaban J connectivity index is 0.00000144. The van der Waals surface area contributed by atoms with Crippen LogP contribution < -0.4 is 9.47 Å². The molecule has 4 heteroatoms. The van der Waals surface area contributed by atoms with Gasteiger partial charge in [0, 0.05) is 0 Å². The van der Waals surface area contributed by atoms with Gasteiger partial charge >= 0.3 is 0 Å². The summed E-state index contributed by atoms with van der Waals surface area (Å²) in [7, 11) is 2.51. The topological polar surface area (TPSA) is 18.5 Å². The van der Waals surface area contributed by atoms with Crippen molar-refractivity contribution in [2.75, 3.05) is 0 Å². The van der Waals surface area contributed by atoms with E-state index < -0.39 is 0 Å². The molecule has 0 aliphatic heterocycles. The van der Waals surface area contributed by atoms with Crippen molar-refractivity contribution < 1.29 is 9.47 Å². The second-order valence-corrected chi connectivity index (χ2v) is 3.77. The summed E-state index contributed by atoms with van der Waals surface area (Å²) in [6.45, 7) is 0. The normalized spacial score (nSPS) is 9.53. The number of hydrogen-bond donors (Lipinski definition) is 0. The first kappa shape index (κ1) is 13.8. The second kappa shape index (κ2) is 7.16. The molecule has 1 unspecified atom stereocenters. The quantitative estimate of drug-likeness (QED) is 0.621. The molecule has 0 aliphatic rings. The molecule has 90 valence electrons. The Morgan fingerprint density at radius 2 is 1.06 bits per heavy atom. The largest absolute Gasteiger partial charge is 0.452 e. The summed E-state index contributed by atoms with van der Waals surface area (Å²) in [4.78, 5) is 0. The lowest BCUT2D eigenvalue weighted by Crippen LogP contribution is -2.15. The zero-order valence-corrected chi connectivity index (χ0v) is 11.1. The molecule has 2 aromatic carbocycles. The van der Waals surface area contributed by atoms with Crippen molar-refractivity contribution in [3.63, 3.8) is 0 Å². The Bertz CT molecular complexity index is 380. The first-order chi connectivity index (χ1) is 7.84. The van der Waals surface area contributed by atoms with Crippen molar-refractivity contribution in [2.24, 2.45) is 0 Å². The van der Waals surface area contributed by atoms with Crippen molar-refractivity contribution in [2.45, 2.75) is 6.03 Å². The molecule has 17 heavy (non-hydrogen) atoms. The Morgan fingerprint density at radius 1 is 0.706 bits per heavy atom. The Kier molecular flexibility index (Phi) is 5.82. The van der Waals surface area contributed by atoms with Gasteiger partial charge in [0.2, 0.25) is 0 Å². The summed E-state index contributed by atoms with van der Waals surface area (Å²) in [5, 5.41) is 0. The number of ether oxygens (including phenoxy) is 2. The molecule has 2 aromatic rings. The van der Waals surface area contributed by atoms with Gasteiger partial charge < -0.3 is 9.47 Å². The molecule has 0 saturated carbocycles. The lowest BCUT2D eigenvalue weighted by molar-refractivity contribution is 0.0835. The average molecular weight is 269 g/mol. The van der Waals surface area contributed by atoms with E-state index in [9.17, 15) is 0 Å². The molecular formula is C13H14ClO2P. The smallest absolute Gasteiger partial charge is 0.252 e. The summed E-state index contributed by atoms with van der Waals surface area (Å²) in [5.41, 5.74) is 0. The summed E-state index contributed by atoms with van der Waals surface area (Å²) in [6, 6.07) is 18.8. The zero-order valence-electron chi connectivity index (χ0n) is 9.15. The number of benzene rings is 2. The first-order valence-electron chi connectivity index (χ1n) is 5.03. The van der Waals surface area contributed by atoms with Crippen molar-refractivity contribution in [3.8, 4) is 11.5 Å². The van der Waals surface area contributed by atoms with E-state index in [2.05, 4.69) is 9.24 Å². The maximum Gasteiger partial charge on any atom is 0.252 e. The zero-order chi connectivity index (χ0) is 11.2. The number of halogens is 1. The minimum Gasteiger partial charge on any atom is -0.452 e. The van der Waals surface area contributed by atoms with Crippen LogP contribution in [0.5, 0.6) is 11.5 Å². The Labute approximate surface area is 110 Å². The van der Waals surface area contributed by atoms with Gasteiger partial charge in [-0.05, 0) is 33.5 Å². The molecule has 0 spiro atoms. The fraction of sp³-hybridized carbons (Fsp3) is 0.0769. The van der Waals surface area contributed by atoms with Gasteiger partial charge in [-0.25, -0.2) is 0 Å². The highest BCUT2D eigenvalue weighted by molar-refractivity contribution is 7.17. The van der Waals surface area contributed by atoms with Crippen LogP contribution in [0, 0.1) is 0 Å². The molecule has 1 atom stereocenters. The van der Waals surface area contributed by atoms with Gasteiger partial charge in [0.25, 0.3) is 6.03 Å². The van der Waals surface area contributed by atoms with E-state index in [1.165, 1.54) is 0 Å². The van der Waals surface area contributed by atoms with E-state index in [0.29, 0.717) is 0 Å². The molecule has 0 heterocycles. The van der Waals surface area contributed by atoms with E-state index in [1.807, 2.05) is 60.7 Å². The van der Waals surface area contributed by atoms with Crippen LogP contribution in [-0.4, -0.2) is 6.03 Å². The molecule has 0 radical (unpaired) electrons. The van der Waals surface area contributed by atoms with Crippen LogP contribution in [0.15, 0.2) is 60.7 Å². The van der Waals surface area contributed by atoms with Gasteiger partial charge in [-0.15, -0.1) is 12.4 Å². The van der Waals surface area contributed by atoms with Crippen molar-refractivity contribution in [1.29, 1.82) is 0 Å². The van der Waals surface area contributed by atoms with Gasteiger partial charge in [0.1, 0.15) is 11.5 Å². The third-order valence-corrected chi connectivity index (χ3v) is 2.26. The molecule has 0 bridgehead atoms. The third kappa shape index (κ3) is 4.64. The van der Waals surface area contributed by atoms with Crippen LogP contribution in [0.3, 0.4) is 0 Å². The van der Waals surface area contributed by atoms with E-state index in [4.69, 9.17) is 9.47 Å². The van der Waals surface area contributed by atoms with Gasteiger partial charge in [0.15, 0.2) is 0 Å². The summed E-state index contributed by atoms with van der Waals surface area (Å²) >= 11 is 0. The van der Waals surface area contributed by atoms with Crippen molar-refractivity contribution >= 4 is 21.6 Å². The highest BCUT2D eigenvalue weighted by Gasteiger charge is 2.04. The van der Waals surface area contributed by atoms with Crippen LogP contribution in [0.25, 0.3) is 0 Å². The van der Waals surface area contributed by atoms with Crippen molar-refractivity contribution in [3.05, 3.63) is 60.7 Å². The van der Waals surface area contributed by atoms with Crippen molar-refractivity contribution in [1.82, 2.24) is 0 Å². The summed E-state index contributed by atoms with van der Waals surface area (Å²) in [6.07, 6.45) is 0. The van der Waals surface area contributed by atoms with Crippen LogP contribution in [0.1, 0.15) is 0 Å². The highest BCUT2D eigenvalue weighted by atomic mass is 35.5. The number of hydrogen-bond acceptors (Lipinski definition) is 2. The molecule has 0 N–H and O–H groups in total. The standard InChI is InChI=1S/C13H13O2P.ClH/c16-13(14-11-7-3-1-4-8-11)15-12-9-5-2-6-10-12;/h1-10,13H,16H2;1H. The number of rotatable bonds is 4. The van der Waals surface area contributed by atoms with Gasteiger partial charge in [0.05, 0.1) is 0 Å². The highest BCUT2D eigenvalue weighted by Crippen LogP contribution is 2.18. The second-order valence-electron chi connectivity index (χ2n) is 3.23. The van der Waals surface area contributed by atoms with E-state index in [0.717, 1.165) is 11.5 Å². The fourth-order valence-corrected chi connectivity index (χ4v) is 1.60. The minimum atomic E-state index is -0.384. The molecule has 0 aliphatic carbocycles. The predicted octanol–water partition coefficient (Wildman–Crippen LogP) is 3.72. The van der Waals surface area contributed by atoms with Crippen LogP contribution in [0.4, 0.5) is 0 Å². The molecule has 2 nitrogen and oxygen atoms in total. The van der Waals surface area contributed by atoms with Crippen LogP contribution >= 0.6 is 21.6 Å². The SMILES string of the molecule is Cl.PC(Oc1ccccc1)Oc1ccccc1. The lowest BCUT2D eigenvalue weighted by Gasteiger charge is -2.16. The minimum absolute atomic E-state index is 0.